The Morgan fingerprint density at radius 3 is 2.29 bits per heavy atom. The van der Waals surface area contributed by atoms with E-state index in [4.69, 9.17) is 17.0 Å². The van der Waals surface area contributed by atoms with Crippen LogP contribution in [0.3, 0.4) is 0 Å². The van der Waals surface area contributed by atoms with Gasteiger partial charge in [0, 0.05) is 21.3 Å². The number of hydrogen-bond donors (Lipinski definition) is 4. The maximum Gasteiger partial charge on any atom is 0.269 e. The molecule has 0 aromatic heterocycles. The van der Waals surface area contributed by atoms with Crippen molar-refractivity contribution in [1.29, 1.82) is 0 Å². The van der Waals surface area contributed by atoms with Crippen molar-refractivity contribution in [3.8, 4) is 5.75 Å². The Morgan fingerprint density at radius 2 is 1.60 bits per heavy atom. The van der Waals surface area contributed by atoms with E-state index in [0.717, 1.165) is 15.6 Å². The van der Waals surface area contributed by atoms with Crippen molar-refractivity contribution >= 4 is 56.7 Å². The summed E-state index contributed by atoms with van der Waals surface area (Å²) in [5, 5.41) is 5.13. The molecule has 35 heavy (non-hydrogen) atoms. The van der Waals surface area contributed by atoms with Gasteiger partial charge >= 0.3 is 0 Å². The Morgan fingerprint density at radius 1 is 0.886 bits per heavy atom. The van der Waals surface area contributed by atoms with Crippen LogP contribution in [-0.2, 0) is 4.79 Å². The van der Waals surface area contributed by atoms with Gasteiger partial charge in [0.05, 0.1) is 0 Å². The molecule has 4 N–H and O–H groups in total. The van der Waals surface area contributed by atoms with Crippen LogP contribution >= 0.6 is 28.1 Å². The van der Waals surface area contributed by atoms with Crippen LogP contribution in [0.4, 0.5) is 5.69 Å². The molecule has 3 aromatic carbocycles. The van der Waals surface area contributed by atoms with Gasteiger partial charge in [-0.15, -0.1) is 0 Å². The maximum absolute atomic E-state index is 12.4. The lowest BCUT2D eigenvalue weighted by Gasteiger charge is -2.12. The van der Waals surface area contributed by atoms with Crippen LogP contribution in [0.1, 0.15) is 31.8 Å². The van der Waals surface area contributed by atoms with E-state index in [2.05, 4.69) is 37.4 Å². The fraction of sp³-hybridized carbons (Fsp3) is 0.120. The van der Waals surface area contributed by atoms with Gasteiger partial charge in [-0.25, -0.2) is 0 Å². The molecule has 180 valence electrons. The van der Waals surface area contributed by atoms with E-state index in [1.807, 2.05) is 32.0 Å². The van der Waals surface area contributed by atoms with Crippen molar-refractivity contribution in [2.24, 2.45) is 0 Å². The summed E-state index contributed by atoms with van der Waals surface area (Å²) in [6, 6.07) is 19.0. The number of ether oxygens (including phenoxy) is 1. The monoisotopic (exact) mass is 554 g/mol. The number of hydrogen-bond acceptors (Lipinski definition) is 5. The third-order valence-corrected chi connectivity index (χ3v) is 5.93. The largest absolute Gasteiger partial charge is 0.484 e. The zero-order chi connectivity index (χ0) is 25.4. The summed E-state index contributed by atoms with van der Waals surface area (Å²) >= 11 is 8.43. The number of hydrazine groups is 1. The minimum absolute atomic E-state index is 0.0824. The molecule has 0 bridgehead atoms. The first-order valence-corrected chi connectivity index (χ1v) is 11.7. The molecule has 3 rings (SSSR count). The molecular formula is C25H23BrN4O4S. The summed E-state index contributed by atoms with van der Waals surface area (Å²) in [5.41, 5.74) is 8.17. The van der Waals surface area contributed by atoms with E-state index in [1.165, 1.54) is 0 Å². The summed E-state index contributed by atoms with van der Waals surface area (Å²) in [6.45, 7) is 3.53. The van der Waals surface area contributed by atoms with E-state index in [0.29, 0.717) is 22.6 Å². The van der Waals surface area contributed by atoms with E-state index < -0.39 is 11.8 Å². The van der Waals surface area contributed by atoms with Crippen molar-refractivity contribution < 1.29 is 19.1 Å². The second-order valence-corrected chi connectivity index (χ2v) is 8.77. The minimum Gasteiger partial charge on any atom is -0.484 e. The van der Waals surface area contributed by atoms with Crippen molar-refractivity contribution in [3.63, 3.8) is 0 Å². The van der Waals surface area contributed by atoms with Gasteiger partial charge in [-0.2, -0.15) is 0 Å². The first-order chi connectivity index (χ1) is 16.7. The minimum atomic E-state index is -0.480. The molecule has 0 saturated heterocycles. The number of nitrogens with one attached hydrogen (secondary N) is 4. The lowest BCUT2D eigenvalue weighted by atomic mass is 10.1. The van der Waals surface area contributed by atoms with Crippen LogP contribution in [0, 0.1) is 13.8 Å². The van der Waals surface area contributed by atoms with Gasteiger partial charge in [0.1, 0.15) is 5.75 Å². The second-order valence-electron chi connectivity index (χ2n) is 7.50. The van der Waals surface area contributed by atoms with Gasteiger partial charge in [-0.1, -0.05) is 34.1 Å². The number of aryl methyl sites for hydroxylation is 2. The topological polar surface area (TPSA) is 109 Å². The summed E-state index contributed by atoms with van der Waals surface area (Å²) < 4.78 is 6.38. The molecule has 0 radical (unpaired) electrons. The Bertz CT molecular complexity index is 1260. The lowest BCUT2D eigenvalue weighted by Crippen LogP contribution is -2.49. The molecule has 0 saturated carbocycles. The average molecular weight is 555 g/mol. The Hall–Kier alpha value is -3.76. The number of thiocarbonyl (C=S) groups is 1. The molecule has 3 aromatic rings. The molecular weight excluding hydrogens is 532 g/mol. The van der Waals surface area contributed by atoms with Gasteiger partial charge in [-0.3, -0.25) is 30.6 Å². The van der Waals surface area contributed by atoms with Crippen LogP contribution in [-0.4, -0.2) is 29.4 Å². The van der Waals surface area contributed by atoms with Gasteiger partial charge in [-0.05, 0) is 85.7 Å². The molecule has 0 fully saturated rings. The van der Waals surface area contributed by atoms with Gasteiger partial charge < -0.3 is 10.1 Å². The Labute approximate surface area is 216 Å². The van der Waals surface area contributed by atoms with Crippen LogP contribution in [0.15, 0.2) is 71.2 Å². The molecule has 3 amide bonds. The van der Waals surface area contributed by atoms with Crippen molar-refractivity contribution in [2.45, 2.75) is 13.8 Å². The van der Waals surface area contributed by atoms with Crippen molar-refractivity contribution in [2.75, 3.05) is 11.9 Å². The number of carbonyl (C=O) groups is 3. The number of benzene rings is 3. The number of rotatable bonds is 6. The van der Waals surface area contributed by atoms with E-state index in [-0.39, 0.29) is 17.6 Å². The van der Waals surface area contributed by atoms with Crippen LogP contribution < -0.4 is 26.2 Å². The molecule has 10 heteroatoms. The highest BCUT2D eigenvalue weighted by atomic mass is 79.9. The Balaban J connectivity index is 1.43. The van der Waals surface area contributed by atoms with Gasteiger partial charge in [0.15, 0.2) is 11.7 Å². The highest BCUT2D eigenvalue weighted by Gasteiger charge is 2.11. The predicted molar refractivity (Wildman–Crippen MR) is 141 cm³/mol. The predicted octanol–water partition coefficient (Wildman–Crippen LogP) is 4.03. The van der Waals surface area contributed by atoms with E-state index >= 15 is 0 Å². The van der Waals surface area contributed by atoms with Crippen LogP contribution in [0.2, 0.25) is 0 Å². The fourth-order valence-corrected chi connectivity index (χ4v) is 3.38. The van der Waals surface area contributed by atoms with Crippen LogP contribution in [0.25, 0.3) is 0 Å². The standard InChI is InChI=1S/C25H23BrN4O4S/c1-15-5-3-4-6-20(15)24(33)27-18-9-7-17(8-10-18)23(32)29-30-25(35)28-22(31)14-34-19-11-12-21(26)16(2)13-19/h3-13H,14H2,1-2H3,(H,27,33)(H,29,32)(H2,28,30,31,35). The van der Waals surface area contributed by atoms with E-state index in [9.17, 15) is 14.4 Å². The first kappa shape index (κ1) is 25.9. The summed E-state index contributed by atoms with van der Waals surface area (Å²) in [7, 11) is 0. The zero-order valence-corrected chi connectivity index (χ0v) is 21.4. The number of carbonyl (C=O) groups excluding carboxylic acids is 3. The molecule has 8 nitrogen and oxygen atoms in total. The first-order valence-electron chi connectivity index (χ1n) is 10.5. The third-order valence-electron chi connectivity index (χ3n) is 4.84. The van der Waals surface area contributed by atoms with Gasteiger partial charge in [0.2, 0.25) is 0 Å². The van der Waals surface area contributed by atoms with Crippen LogP contribution in [0.5, 0.6) is 5.75 Å². The highest BCUT2D eigenvalue weighted by Crippen LogP contribution is 2.21. The zero-order valence-electron chi connectivity index (χ0n) is 19.0. The lowest BCUT2D eigenvalue weighted by molar-refractivity contribution is -0.121. The number of anilines is 1. The van der Waals surface area contributed by atoms with E-state index in [1.54, 1.807) is 48.5 Å². The summed E-state index contributed by atoms with van der Waals surface area (Å²) in [5.74, 6) is -0.639. The van der Waals surface area contributed by atoms with Crippen molar-refractivity contribution in [3.05, 3.63) is 93.5 Å². The number of amides is 3. The maximum atomic E-state index is 12.4. The quantitative estimate of drug-likeness (QED) is 0.270. The molecule has 0 aliphatic carbocycles. The molecule has 0 spiro atoms. The van der Waals surface area contributed by atoms with Gasteiger partial charge in [0.25, 0.3) is 17.7 Å². The average Bonchev–Trinajstić information content (AvgIpc) is 2.84. The third kappa shape index (κ3) is 7.62. The highest BCUT2D eigenvalue weighted by molar-refractivity contribution is 9.10. The summed E-state index contributed by atoms with van der Waals surface area (Å²) in [4.78, 5) is 36.8. The summed E-state index contributed by atoms with van der Waals surface area (Å²) in [6.07, 6.45) is 0. The molecule has 0 heterocycles. The normalized spacial score (nSPS) is 10.1. The second kappa shape index (κ2) is 12.1. The smallest absolute Gasteiger partial charge is 0.269 e. The molecule has 0 aliphatic heterocycles. The SMILES string of the molecule is Cc1cc(OCC(=O)NC(=S)NNC(=O)c2ccc(NC(=O)c3ccccc3C)cc2)ccc1Br. The molecule has 0 unspecified atom stereocenters. The molecule has 0 atom stereocenters. The number of halogens is 1. The van der Waals surface area contributed by atoms with Crippen molar-refractivity contribution in [1.82, 2.24) is 16.2 Å². The Kier molecular flexibility index (Phi) is 8.93. The molecule has 0 aliphatic rings. The fourth-order valence-electron chi connectivity index (χ4n) is 2.97.